The normalized spacial score (nSPS) is 10.6. The minimum atomic E-state index is -1.41. The van der Waals surface area contributed by atoms with Gasteiger partial charge in [0.1, 0.15) is 28.6 Å². The molecule has 1 aromatic heterocycles. The summed E-state index contributed by atoms with van der Waals surface area (Å²) in [4.78, 5) is 49.5. The molecule has 1 aromatic carbocycles. The van der Waals surface area contributed by atoms with E-state index in [0.717, 1.165) is 22.8 Å². The number of anilines is 1. The van der Waals surface area contributed by atoms with E-state index in [4.69, 9.17) is 5.73 Å². The first-order chi connectivity index (χ1) is 12.3. The first-order valence-corrected chi connectivity index (χ1v) is 7.54. The number of esters is 1. The Balaban J connectivity index is 2.26. The third-order valence-corrected chi connectivity index (χ3v) is 3.47. The largest absolute Gasteiger partial charge is 0.454 e. The first kappa shape index (κ1) is 19.0. The van der Waals surface area contributed by atoms with Gasteiger partial charge in [-0.15, -0.1) is 0 Å². The van der Waals surface area contributed by atoms with Gasteiger partial charge in [-0.3, -0.25) is 19.1 Å². The molecule has 2 aromatic rings. The van der Waals surface area contributed by atoms with Gasteiger partial charge < -0.3 is 10.5 Å². The maximum Gasteiger partial charge on any atom is 0.344 e. The van der Waals surface area contributed by atoms with Crippen LogP contribution in [0.3, 0.4) is 0 Å². The van der Waals surface area contributed by atoms with Crippen molar-refractivity contribution in [3.8, 4) is 0 Å². The van der Waals surface area contributed by atoms with Crippen LogP contribution in [0.5, 0.6) is 0 Å². The molecular weight excluding hydrogens is 352 g/mol. The lowest BCUT2D eigenvalue weighted by Gasteiger charge is -2.11. The topological polar surface area (TPSA) is 124 Å². The second kappa shape index (κ2) is 7.72. The summed E-state index contributed by atoms with van der Waals surface area (Å²) in [5.74, 6) is -5.11. The van der Waals surface area contributed by atoms with E-state index in [1.165, 1.54) is 0 Å². The lowest BCUT2D eigenvalue weighted by molar-refractivity contribution is 0.0464. The van der Waals surface area contributed by atoms with Crippen LogP contribution in [0.2, 0.25) is 0 Å². The Morgan fingerprint density at radius 2 is 1.81 bits per heavy atom. The molecule has 0 unspecified atom stereocenters. The van der Waals surface area contributed by atoms with Crippen molar-refractivity contribution < 1.29 is 23.1 Å². The van der Waals surface area contributed by atoms with Crippen molar-refractivity contribution in [2.24, 2.45) is 0 Å². The zero-order valence-corrected chi connectivity index (χ0v) is 13.7. The van der Waals surface area contributed by atoms with E-state index in [2.05, 4.69) is 4.74 Å². The van der Waals surface area contributed by atoms with Gasteiger partial charge in [0.2, 0.25) is 5.78 Å². The smallest absolute Gasteiger partial charge is 0.344 e. The number of benzene rings is 1. The second-order valence-electron chi connectivity index (χ2n) is 5.27. The van der Waals surface area contributed by atoms with Crippen LogP contribution < -0.4 is 17.0 Å². The molecule has 0 aliphatic heterocycles. The van der Waals surface area contributed by atoms with Crippen LogP contribution in [0.25, 0.3) is 0 Å². The predicted molar refractivity (Wildman–Crippen MR) is 87.0 cm³/mol. The minimum absolute atomic E-state index is 0.155. The van der Waals surface area contributed by atoms with Gasteiger partial charge in [0.15, 0.2) is 6.61 Å². The number of halogens is 2. The number of hydrogen-bond donors (Lipinski definition) is 2. The molecule has 0 aliphatic rings. The van der Waals surface area contributed by atoms with Gasteiger partial charge in [-0.05, 0) is 18.6 Å². The van der Waals surface area contributed by atoms with Gasteiger partial charge in [0.05, 0.1) is 0 Å². The number of aromatic nitrogens is 2. The van der Waals surface area contributed by atoms with Crippen LogP contribution in [0, 0.1) is 11.6 Å². The monoisotopic (exact) mass is 367 g/mol. The lowest BCUT2D eigenvalue weighted by atomic mass is 10.2. The predicted octanol–water partition coefficient (Wildman–Crippen LogP) is 0.847. The van der Waals surface area contributed by atoms with Crippen molar-refractivity contribution in [3.63, 3.8) is 0 Å². The molecule has 1 heterocycles. The average molecular weight is 367 g/mol. The van der Waals surface area contributed by atoms with Crippen molar-refractivity contribution in [3.05, 3.63) is 61.8 Å². The molecule has 3 N–H and O–H groups in total. The van der Waals surface area contributed by atoms with Crippen molar-refractivity contribution in [1.82, 2.24) is 9.55 Å². The summed E-state index contributed by atoms with van der Waals surface area (Å²) in [7, 11) is 0. The van der Waals surface area contributed by atoms with Gasteiger partial charge in [-0.25, -0.2) is 18.4 Å². The van der Waals surface area contributed by atoms with Crippen LogP contribution in [0.4, 0.5) is 14.6 Å². The zero-order chi connectivity index (χ0) is 19.4. The fourth-order valence-electron chi connectivity index (χ4n) is 2.27. The number of nitrogens with two attached hydrogens (primary N) is 1. The Bertz CT molecular complexity index is 961. The maximum atomic E-state index is 13.5. The third-order valence-electron chi connectivity index (χ3n) is 3.47. The Morgan fingerprint density at radius 3 is 2.38 bits per heavy atom. The first-order valence-electron chi connectivity index (χ1n) is 7.54. The number of nitrogens with zero attached hydrogens (tertiary/aromatic N) is 1. The lowest BCUT2D eigenvalue weighted by Crippen LogP contribution is -2.37. The van der Waals surface area contributed by atoms with Crippen molar-refractivity contribution >= 4 is 17.6 Å². The van der Waals surface area contributed by atoms with Crippen LogP contribution in [-0.4, -0.2) is 27.9 Å². The molecule has 2 rings (SSSR count). The third kappa shape index (κ3) is 3.68. The number of carbonyl (C=O) groups excluding carboxylic acids is 2. The van der Waals surface area contributed by atoms with E-state index in [1.807, 2.05) is 4.98 Å². The number of carbonyl (C=O) groups is 2. The highest BCUT2D eigenvalue weighted by molar-refractivity contribution is 6.02. The number of Topliss-reactive ketones (excluding diaryl/α,β-unsaturated/α-hetero) is 1. The van der Waals surface area contributed by atoms with Crippen LogP contribution in [0.1, 0.15) is 34.1 Å². The number of ketones is 1. The molecule has 0 bridgehead atoms. The number of aromatic amines is 1. The molecule has 0 saturated heterocycles. The Kier molecular flexibility index (Phi) is 5.65. The van der Waals surface area contributed by atoms with E-state index in [-0.39, 0.29) is 12.4 Å². The van der Waals surface area contributed by atoms with Gasteiger partial charge in [0.25, 0.3) is 5.56 Å². The molecule has 26 heavy (non-hydrogen) atoms. The highest BCUT2D eigenvalue weighted by atomic mass is 19.1. The van der Waals surface area contributed by atoms with Gasteiger partial charge in [-0.1, -0.05) is 13.0 Å². The number of H-pyrrole nitrogens is 1. The highest BCUT2D eigenvalue weighted by Crippen LogP contribution is 2.14. The van der Waals surface area contributed by atoms with E-state index >= 15 is 0 Å². The summed E-state index contributed by atoms with van der Waals surface area (Å²) in [5.41, 5.74) is 2.34. The summed E-state index contributed by atoms with van der Waals surface area (Å²) in [5, 5.41) is 0. The number of ether oxygens (including phenoxy) is 1. The number of rotatable bonds is 6. The zero-order valence-electron chi connectivity index (χ0n) is 13.7. The van der Waals surface area contributed by atoms with Crippen molar-refractivity contribution in [2.45, 2.75) is 19.9 Å². The Hall–Kier alpha value is -3.30. The highest BCUT2D eigenvalue weighted by Gasteiger charge is 2.23. The summed E-state index contributed by atoms with van der Waals surface area (Å²) in [6.07, 6.45) is 0.505. The molecule has 0 atom stereocenters. The fraction of sp³-hybridized carbons (Fsp3) is 0.250. The van der Waals surface area contributed by atoms with Crippen molar-refractivity contribution in [1.29, 1.82) is 0 Å². The molecule has 0 aliphatic carbocycles. The molecule has 0 fully saturated rings. The quantitative estimate of drug-likeness (QED) is 0.576. The number of nitrogen functional groups attached to an aromatic ring is 1. The molecule has 0 radical (unpaired) electrons. The van der Waals surface area contributed by atoms with Gasteiger partial charge in [-0.2, -0.15) is 0 Å². The number of nitrogens with one attached hydrogen (secondary N) is 1. The molecule has 138 valence electrons. The summed E-state index contributed by atoms with van der Waals surface area (Å²) in [6, 6.07) is 2.76. The Labute approximate surface area is 145 Å². The SMILES string of the molecule is CCCn1c(N)c(C(=O)COC(=O)c2c(F)cccc2F)c(=O)[nH]c1=O. The van der Waals surface area contributed by atoms with Crippen molar-refractivity contribution in [2.75, 3.05) is 12.3 Å². The molecule has 8 nitrogen and oxygen atoms in total. The van der Waals surface area contributed by atoms with Crippen LogP contribution >= 0.6 is 0 Å². The number of hydrogen-bond acceptors (Lipinski definition) is 6. The van der Waals surface area contributed by atoms with Gasteiger partial charge in [0, 0.05) is 6.54 Å². The van der Waals surface area contributed by atoms with E-state index in [1.54, 1.807) is 6.92 Å². The average Bonchev–Trinajstić information content (AvgIpc) is 2.56. The molecular formula is C16H15F2N3O5. The van der Waals surface area contributed by atoms with E-state index < -0.39 is 52.4 Å². The summed E-state index contributed by atoms with van der Waals surface area (Å²) in [6.45, 7) is 0.926. The van der Waals surface area contributed by atoms with E-state index in [9.17, 15) is 28.0 Å². The summed E-state index contributed by atoms with van der Waals surface area (Å²) >= 11 is 0. The molecule has 10 heteroatoms. The van der Waals surface area contributed by atoms with Crippen LogP contribution in [0.15, 0.2) is 27.8 Å². The Morgan fingerprint density at radius 1 is 1.19 bits per heavy atom. The molecule has 0 spiro atoms. The second-order valence-corrected chi connectivity index (χ2v) is 5.27. The molecule has 0 saturated carbocycles. The molecule has 0 amide bonds. The fourth-order valence-corrected chi connectivity index (χ4v) is 2.27. The maximum absolute atomic E-state index is 13.5. The minimum Gasteiger partial charge on any atom is -0.454 e. The van der Waals surface area contributed by atoms with Gasteiger partial charge >= 0.3 is 11.7 Å². The van der Waals surface area contributed by atoms with Crippen LogP contribution in [-0.2, 0) is 11.3 Å². The van der Waals surface area contributed by atoms with E-state index in [0.29, 0.717) is 6.42 Å². The standard InChI is InChI=1S/C16H15F2N3O5/c1-2-6-21-13(19)12(14(23)20-16(21)25)10(22)7-26-15(24)11-8(17)4-3-5-9(11)18/h3-5H,2,6-7,19H2,1H3,(H,20,23,25). The summed E-state index contributed by atoms with van der Waals surface area (Å²) < 4.78 is 32.6.